The third-order valence-corrected chi connectivity index (χ3v) is 8.01. The van der Waals surface area contributed by atoms with Gasteiger partial charge in [-0.15, -0.1) is 0 Å². The van der Waals surface area contributed by atoms with Crippen molar-refractivity contribution in [1.82, 2.24) is 5.32 Å². The van der Waals surface area contributed by atoms with E-state index in [0.717, 1.165) is 11.1 Å². The number of halogens is 1. The summed E-state index contributed by atoms with van der Waals surface area (Å²) in [6, 6.07) is 26.6. The Hall–Kier alpha value is -3.49. The number of rotatable bonds is 10. The number of hydrogen-bond donors (Lipinski definition) is 3. The van der Waals surface area contributed by atoms with Crippen LogP contribution in [0.3, 0.4) is 0 Å². The molecule has 0 saturated carbocycles. The van der Waals surface area contributed by atoms with Crippen LogP contribution in [-0.2, 0) is 16.3 Å². The van der Waals surface area contributed by atoms with Crippen LogP contribution in [0.4, 0.5) is 0 Å². The second-order valence-corrected chi connectivity index (χ2v) is 10.9. The van der Waals surface area contributed by atoms with Crippen molar-refractivity contribution in [2.45, 2.75) is 22.3 Å². The van der Waals surface area contributed by atoms with Gasteiger partial charge in [0.05, 0.1) is 21.5 Å². The van der Waals surface area contributed by atoms with Gasteiger partial charge in [0, 0.05) is 11.6 Å². The summed E-state index contributed by atoms with van der Waals surface area (Å²) in [4.78, 5) is 11.8. The van der Waals surface area contributed by atoms with Gasteiger partial charge in [0.15, 0.2) is 0 Å². The Morgan fingerprint density at radius 1 is 0.865 bits per heavy atom. The number of carboxylic acids is 1. The molecule has 4 rings (SSSR count). The summed E-state index contributed by atoms with van der Waals surface area (Å²) in [5, 5.41) is 23.6. The Balaban J connectivity index is 1.41. The average Bonchev–Trinajstić information content (AvgIpc) is 2.91. The number of hydrogen-bond acceptors (Lipinski definition) is 5. The molecule has 0 heterocycles. The fourth-order valence-electron chi connectivity index (χ4n) is 4.03. The summed E-state index contributed by atoms with van der Waals surface area (Å²) in [5.41, 5.74) is 2.77. The molecule has 0 unspecified atom stereocenters. The lowest BCUT2D eigenvalue weighted by atomic mass is 10.00. The number of sulfone groups is 1. The molecule has 37 heavy (non-hydrogen) atoms. The molecule has 190 valence electrons. The van der Waals surface area contributed by atoms with E-state index in [4.69, 9.17) is 11.6 Å². The van der Waals surface area contributed by atoms with Gasteiger partial charge in [-0.1, -0.05) is 66.2 Å². The fourth-order valence-corrected chi connectivity index (χ4v) is 5.53. The number of aliphatic hydroxyl groups is 1. The van der Waals surface area contributed by atoms with Crippen molar-refractivity contribution < 1.29 is 23.4 Å². The first-order valence-electron chi connectivity index (χ1n) is 11.7. The molecule has 6 nitrogen and oxygen atoms in total. The van der Waals surface area contributed by atoms with Gasteiger partial charge in [0.2, 0.25) is 9.84 Å². The Kier molecular flexibility index (Phi) is 8.41. The maximum Gasteiger partial charge on any atom is 0.336 e. The Morgan fingerprint density at radius 2 is 1.59 bits per heavy atom. The molecule has 0 spiro atoms. The highest BCUT2D eigenvalue weighted by atomic mass is 35.5. The summed E-state index contributed by atoms with van der Waals surface area (Å²) >= 11 is 5.97. The summed E-state index contributed by atoms with van der Waals surface area (Å²) < 4.78 is 26.6. The predicted molar refractivity (Wildman–Crippen MR) is 144 cm³/mol. The molecule has 1 atom stereocenters. The van der Waals surface area contributed by atoms with Crippen LogP contribution in [0.15, 0.2) is 107 Å². The molecule has 0 aromatic heterocycles. The topological polar surface area (TPSA) is 104 Å². The molecule has 4 aromatic carbocycles. The summed E-state index contributed by atoms with van der Waals surface area (Å²) in [6.07, 6.45) is -0.0196. The van der Waals surface area contributed by atoms with Crippen LogP contribution in [0.5, 0.6) is 0 Å². The van der Waals surface area contributed by atoms with Gasteiger partial charge in [-0.3, -0.25) is 0 Å². The number of benzene rings is 4. The number of carboxylic acid groups (broad SMARTS) is 1. The number of carbonyl (C=O) groups is 1. The van der Waals surface area contributed by atoms with E-state index in [1.165, 1.54) is 18.2 Å². The molecule has 0 saturated heterocycles. The van der Waals surface area contributed by atoms with Crippen molar-refractivity contribution in [2.24, 2.45) is 0 Å². The van der Waals surface area contributed by atoms with Gasteiger partial charge in [-0.2, -0.15) is 0 Å². The van der Waals surface area contributed by atoms with Crippen molar-refractivity contribution in [3.05, 3.63) is 119 Å². The predicted octanol–water partition coefficient (Wildman–Crippen LogP) is 5.40. The van der Waals surface area contributed by atoms with Crippen LogP contribution < -0.4 is 5.32 Å². The maximum atomic E-state index is 13.3. The normalized spacial score (nSPS) is 12.3. The largest absolute Gasteiger partial charge is 0.478 e. The maximum absolute atomic E-state index is 13.3. The monoisotopic (exact) mass is 535 g/mol. The molecule has 8 heteroatoms. The molecule has 0 amide bonds. The van der Waals surface area contributed by atoms with Gasteiger partial charge >= 0.3 is 5.97 Å². The lowest BCUT2D eigenvalue weighted by Gasteiger charge is -2.13. The van der Waals surface area contributed by atoms with E-state index in [2.05, 4.69) is 5.32 Å². The molecular weight excluding hydrogens is 510 g/mol. The van der Waals surface area contributed by atoms with Gasteiger partial charge in [0.1, 0.15) is 0 Å². The van der Waals surface area contributed by atoms with Crippen molar-refractivity contribution >= 4 is 27.4 Å². The molecule has 0 aliphatic rings. The summed E-state index contributed by atoms with van der Waals surface area (Å²) in [6.45, 7) is 0.975. The minimum atomic E-state index is -3.80. The van der Waals surface area contributed by atoms with E-state index < -0.39 is 21.9 Å². The van der Waals surface area contributed by atoms with E-state index in [1.807, 2.05) is 6.07 Å². The zero-order chi connectivity index (χ0) is 26.4. The smallest absolute Gasteiger partial charge is 0.336 e. The molecule has 0 radical (unpaired) electrons. The van der Waals surface area contributed by atoms with Gasteiger partial charge in [0.25, 0.3) is 0 Å². The SMILES string of the molecule is O=C(O)c1ccccc1-c1cccc(S(=O)(=O)c2ccc(CCNC[C@H](O)c3cccc(Cl)c3)cc2)c1. The van der Waals surface area contributed by atoms with Crippen molar-refractivity contribution in [2.75, 3.05) is 13.1 Å². The van der Waals surface area contributed by atoms with E-state index in [1.54, 1.807) is 72.8 Å². The first kappa shape index (κ1) is 26.6. The van der Waals surface area contributed by atoms with Crippen LogP contribution >= 0.6 is 11.6 Å². The standard InChI is InChI=1S/C29H26ClNO5S/c30-23-7-3-6-22(17-23)28(32)19-31-16-15-20-11-13-24(14-12-20)37(35,36)25-8-4-5-21(18-25)26-9-1-2-10-27(26)29(33)34/h1-14,17-18,28,31-32H,15-16,19H2,(H,33,34)/t28-/m0/s1. The molecule has 0 aliphatic heterocycles. The number of aliphatic hydroxyl groups excluding tert-OH is 1. The summed E-state index contributed by atoms with van der Waals surface area (Å²) in [7, 11) is -3.80. The summed E-state index contributed by atoms with van der Waals surface area (Å²) in [5.74, 6) is -1.08. The quantitative estimate of drug-likeness (QED) is 0.235. The first-order valence-corrected chi connectivity index (χ1v) is 13.5. The Labute approximate surface area is 221 Å². The van der Waals surface area contributed by atoms with Crippen LogP contribution in [0.25, 0.3) is 11.1 Å². The minimum Gasteiger partial charge on any atom is -0.478 e. The van der Waals surface area contributed by atoms with Crippen LogP contribution in [-0.4, -0.2) is 37.7 Å². The van der Waals surface area contributed by atoms with Crippen molar-refractivity contribution in [3.63, 3.8) is 0 Å². The van der Waals surface area contributed by atoms with E-state index in [9.17, 15) is 23.4 Å². The van der Waals surface area contributed by atoms with E-state index in [0.29, 0.717) is 35.7 Å². The van der Waals surface area contributed by atoms with Gasteiger partial charge in [-0.25, -0.2) is 13.2 Å². The minimum absolute atomic E-state index is 0.0922. The van der Waals surface area contributed by atoms with Crippen molar-refractivity contribution in [3.8, 4) is 11.1 Å². The Bertz CT molecular complexity index is 1500. The number of aromatic carboxylic acids is 1. The van der Waals surface area contributed by atoms with E-state index in [-0.39, 0.29) is 15.4 Å². The average molecular weight is 536 g/mol. The fraction of sp³-hybridized carbons (Fsp3) is 0.138. The lowest BCUT2D eigenvalue weighted by Crippen LogP contribution is -2.23. The van der Waals surface area contributed by atoms with Crippen molar-refractivity contribution in [1.29, 1.82) is 0 Å². The third kappa shape index (κ3) is 6.45. The zero-order valence-corrected chi connectivity index (χ0v) is 21.4. The highest BCUT2D eigenvalue weighted by molar-refractivity contribution is 7.91. The Morgan fingerprint density at radius 3 is 2.32 bits per heavy atom. The zero-order valence-electron chi connectivity index (χ0n) is 19.8. The number of nitrogens with one attached hydrogen (secondary N) is 1. The second kappa shape index (κ2) is 11.7. The van der Waals surface area contributed by atoms with E-state index >= 15 is 0 Å². The highest BCUT2D eigenvalue weighted by Crippen LogP contribution is 2.29. The second-order valence-electron chi connectivity index (χ2n) is 8.55. The van der Waals surface area contributed by atoms with Gasteiger partial charge < -0.3 is 15.5 Å². The molecule has 0 fully saturated rings. The highest BCUT2D eigenvalue weighted by Gasteiger charge is 2.19. The van der Waals surface area contributed by atoms with Crippen LogP contribution in [0.2, 0.25) is 5.02 Å². The molecule has 0 bridgehead atoms. The third-order valence-electron chi connectivity index (χ3n) is 6.01. The molecule has 4 aromatic rings. The van der Waals surface area contributed by atoms with Crippen LogP contribution in [0, 0.1) is 0 Å². The lowest BCUT2D eigenvalue weighted by molar-refractivity contribution is 0.0697. The van der Waals surface area contributed by atoms with Crippen LogP contribution in [0.1, 0.15) is 27.6 Å². The molecular formula is C29H26ClNO5S. The molecule has 3 N–H and O–H groups in total. The van der Waals surface area contributed by atoms with Gasteiger partial charge in [-0.05, 0) is 77.7 Å². The first-order chi connectivity index (χ1) is 17.8. The molecule has 0 aliphatic carbocycles.